The summed E-state index contributed by atoms with van der Waals surface area (Å²) in [6.45, 7) is 0.498. The zero-order valence-corrected chi connectivity index (χ0v) is 18.1. The van der Waals surface area contributed by atoms with Crippen LogP contribution in [-0.4, -0.2) is 58.1 Å². The van der Waals surface area contributed by atoms with Crippen LogP contribution in [0.3, 0.4) is 0 Å². The molecule has 2 bridgehead atoms. The van der Waals surface area contributed by atoms with Gasteiger partial charge in [0.1, 0.15) is 6.04 Å². The number of urea groups is 1. The molecule has 3 atom stereocenters. The average molecular weight is 444 g/mol. The third-order valence-corrected chi connectivity index (χ3v) is 7.69. The summed E-state index contributed by atoms with van der Waals surface area (Å²) < 4.78 is 0. The van der Waals surface area contributed by atoms with E-state index in [0.717, 1.165) is 15.7 Å². The van der Waals surface area contributed by atoms with Gasteiger partial charge in [0.25, 0.3) is 5.91 Å². The number of carbonyl (C=O) groups is 3. The number of nitrogens with zero attached hydrogens (tertiary/aromatic N) is 3. The van der Waals surface area contributed by atoms with Crippen LogP contribution in [0, 0.1) is 0 Å². The van der Waals surface area contributed by atoms with E-state index in [-0.39, 0.29) is 29.9 Å². The first kappa shape index (κ1) is 19.4. The number of fused-ring (bicyclic) bond motifs is 6. The van der Waals surface area contributed by atoms with Crippen LogP contribution >= 0.6 is 11.8 Å². The van der Waals surface area contributed by atoms with Crippen molar-refractivity contribution in [2.45, 2.75) is 29.4 Å². The predicted octanol–water partition coefficient (Wildman–Crippen LogP) is 3.75. The van der Waals surface area contributed by atoms with E-state index in [9.17, 15) is 14.4 Å². The molecule has 3 aliphatic heterocycles. The van der Waals surface area contributed by atoms with E-state index in [1.807, 2.05) is 77.7 Å². The molecule has 0 radical (unpaired) electrons. The number of hydrogen-bond donors (Lipinski definition) is 0. The zero-order chi connectivity index (χ0) is 21.8. The highest BCUT2D eigenvalue weighted by Crippen LogP contribution is 2.43. The maximum Gasteiger partial charge on any atom is 0.332 e. The highest BCUT2D eigenvalue weighted by Gasteiger charge is 2.62. The molecule has 3 aromatic rings. The molecule has 6 rings (SSSR count). The van der Waals surface area contributed by atoms with Gasteiger partial charge in [0, 0.05) is 16.8 Å². The molecule has 3 aromatic carbocycles. The van der Waals surface area contributed by atoms with Gasteiger partial charge in [-0.05, 0) is 30.0 Å². The van der Waals surface area contributed by atoms with E-state index < -0.39 is 6.04 Å². The fourth-order valence-electron chi connectivity index (χ4n) is 5.31. The number of anilines is 1. The van der Waals surface area contributed by atoms with E-state index >= 15 is 0 Å². The molecule has 32 heavy (non-hydrogen) atoms. The molecule has 7 heteroatoms. The van der Waals surface area contributed by atoms with Gasteiger partial charge in [0.15, 0.2) is 0 Å². The molecule has 4 amide bonds. The number of carbonyl (C=O) groups excluding carboxylic acids is 3. The van der Waals surface area contributed by atoms with Crippen LogP contribution < -0.4 is 4.90 Å². The summed E-state index contributed by atoms with van der Waals surface area (Å²) >= 11 is 1.50. The lowest BCUT2D eigenvalue weighted by Gasteiger charge is -2.34. The van der Waals surface area contributed by atoms with Gasteiger partial charge in [-0.1, -0.05) is 54.6 Å². The van der Waals surface area contributed by atoms with Crippen molar-refractivity contribution in [3.8, 4) is 0 Å². The Morgan fingerprint density at radius 1 is 0.938 bits per heavy atom. The lowest BCUT2D eigenvalue weighted by Crippen LogP contribution is -2.55. The first-order valence-corrected chi connectivity index (χ1v) is 11.7. The summed E-state index contributed by atoms with van der Waals surface area (Å²) in [7, 11) is 0. The molecular formula is C25H21N3O3S. The maximum atomic E-state index is 13.5. The minimum atomic E-state index is -0.592. The summed E-state index contributed by atoms with van der Waals surface area (Å²) in [6, 6.07) is 22.0. The largest absolute Gasteiger partial charge is 0.334 e. The number of hydrogen-bond acceptors (Lipinski definition) is 4. The number of rotatable bonds is 4. The first-order chi connectivity index (χ1) is 15.6. The molecule has 3 heterocycles. The van der Waals surface area contributed by atoms with Crippen molar-refractivity contribution in [2.24, 2.45) is 0 Å². The third-order valence-electron chi connectivity index (χ3n) is 6.70. The Kier molecular flexibility index (Phi) is 4.47. The number of imide groups is 1. The van der Waals surface area contributed by atoms with E-state index in [1.54, 1.807) is 4.90 Å². The van der Waals surface area contributed by atoms with Crippen molar-refractivity contribution in [3.05, 3.63) is 72.8 Å². The minimum Gasteiger partial charge on any atom is -0.334 e. The molecule has 0 saturated carbocycles. The van der Waals surface area contributed by atoms with Crippen LogP contribution in [0.4, 0.5) is 10.5 Å². The summed E-state index contributed by atoms with van der Waals surface area (Å²) in [4.78, 5) is 45.7. The second-order valence-corrected chi connectivity index (χ2v) is 9.46. The van der Waals surface area contributed by atoms with Crippen molar-refractivity contribution in [1.82, 2.24) is 9.80 Å². The molecule has 6 nitrogen and oxygen atoms in total. The van der Waals surface area contributed by atoms with E-state index in [4.69, 9.17) is 0 Å². The molecule has 160 valence electrons. The van der Waals surface area contributed by atoms with Gasteiger partial charge in [-0.3, -0.25) is 9.59 Å². The summed E-state index contributed by atoms with van der Waals surface area (Å²) in [5, 5.41) is 1.85. The van der Waals surface area contributed by atoms with Gasteiger partial charge in [-0.2, -0.15) is 0 Å². The van der Waals surface area contributed by atoms with E-state index in [1.165, 1.54) is 16.7 Å². The highest BCUT2D eigenvalue weighted by molar-refractivity contribution is 8.00. The molecule has 3 aliphatic rings. The van der Waals surface area contributed by atoms with Crippen LogP contribution in [0.5, 0.6) is 0 Å². The number of amides is 4. The second kappa shape index (κ2) is 7.38. The normalized spacial score (nSPS) is 24.0. The molecule has 3 fully saturated rings. The lowest BCUT2D eigenvalue weighted by molar-refractivity contribution is -0.133. The second-order valence-electron chi connectivity index (χ2n) is 8.41. The monoisotopic (exact) mass is 443 g/mol. The lowest BCUT2D eigenvalue weighted by atomic mass is 10.1. The van der Waals surface area contributed by atoms with Gasteiger partial charge in [0.05, 0.1) is 23.5 Å². The number of benzene rings is 3. The van der Waals surface area contributed by atoms with Crippen LogP contribution in [0.15, 0.2) is 77.7 Å². The number of thioether (sulfide) groups is 1. The van der Waals surface area contributed by atoms with Gasteiger partial charge >= 0.3 is 6.03 Å². The summed E-state index contributed by atoms with van der Waals surface area (Å²) in [5.41, 5.74) is 0.615. The zero-order valence-electron chi connectivity index (χ0n) is 17.3. The molecule has 0 spiro atoms. The molecule has 3 saturated heterocycles. The highest BCUT2D eigenvalue weighted by atomic mass is 32.2. The Morgan fingerprint density at radius 3 is 2.53 bits per heavy atom. The van der Waals surface area contributed by atoms with Crippen LogP contribution in [0.1, 0.15) is 6.42 Å². The first-order valence-electron chi connectivity index (χ1n) is 10.7. The third kappa shape index (κ3) is 2.84. The van der Waals surface area contributed by atoms with Crippen LogP contribution in [0.25, 0.3) is 10.8 Å². The van der Waals surface area contributed by atoms with Crippen molar-refractivity contribution in [1.29, 1.82) is 0 Å². The number of piperazine rings is 1. The van der Waals surface area contributed by atoms with Gasteiger partial charge in [-0.15, -0.1) is 11.8 Å². The quantitative estimate of drug-likeness (QED) is 0.455. The van der Waals surface area contributed by atoms with Crippen molar-refractivity contribution >= 4 is 46.1 Å². The maximum absolute atomic E-state index is 13.5. The Bertz CT molecular complexity index is 1240. The predicted molar refractivity (Wildman–Crippen MR) is 124 cm³/mol. The summed E-state index contributed by atoms with van der Waals surface area (Å²) in [5.74, 6) is 0.122. The van der Waals surface area contributed by atoms with Gasteiger partial charge < -0.3 is 9.80 Å². The minimum absolute atomic E-state index is 0.0230. The molecular weight excluding hydrogens is 422 g/mol. The fourth-order valence-corrected chi connectivity index (χ4v) is 6.12. The van der Waals surface area contributed by atoms with Gasteiger partial charge in [0.2, 0.25) is 5.91 Å². The number of likely N-dealkylation sites (tertiary alicyclic amines) is 1. The van der Waals surface area contributed by atoms with Crippen molar-refractivity contribution < 1.29 is 14.4 Å². The van der Waals surface area contributed by atoms with E-state index in [2.05, 4.69) is 0 Å². The smallest absolute Gasteiger partial charge is 0.332 e. The Morgan fingerprint density at radius 2 is 1.69 bits per heavy atom. The summed E-state index contributed by atoms with van der Waals surface area (Å²) in [6.07, 6.45) is 0.674. The topological polar surface area (TPSA) is 60.9 Å². The fraction of sp³-hybridized carbons (Fsp3) is 0.240. The van der Waals surface area contributed by atoms with Crippen molar-refractivity contribution in [2.75, 3.05) is 17.2 Å². The van der Waals surface area contributed by atoms with Crippen molar-refractivity contribution in [3.63, 3.8) is 0 Å². The van der Waals surface area contributed by atoms with Gasteiger partial charge in [-0.25, -0.2) is 9.69 Å². The Balaban J connectivity index is 1.25. The van der Waals surface area contributed by atoms with Crippen LogP contribution in [-0.2, 0) is 9.59 Å². The molecule has 0 unspecified atom stereocenters. The Hall–Kier alpha value is -3.32. The average Bonchev–Trinajstić information content (AvgIpc) is 3.49. The standard InChI is InChI=1S/C25H21N3O3S/c29-22(15-32-18-9-2-1-3-10-18)26-14-17-13-21(26)23-24(30)28(25(31)27(17)23)20-12-6-8-16-7-4-5-11-19(16)20/h1-12,17,21,23H,13-15H2/t17-,21-,23-/m0/s1. The van der Waals surface area contributed by atoms with Crippen LogP contribution in [0.2, 0.25) is 0 Å². The molecule has 0 aromatic heterocycles. The molecule has 0 N–H and O–H groups in total. The Labute approximate surface area is 189 Å². The van der Waals surface area contributed by atoms with E-state index in [0.29, 0.717) is 24.4 Å². The molecule has 0 aliphatic carbocycles. The SMILES string of the molecule is O=C1[C@@H]2[C@@H]3C[C@@H](CN3C(=O)CSc3ccccc3)N2C(=O)N1c1cccc2ccccc12.